The molecule has 1 aliphatic carbocycles. The van der Waals surface area contributed by atoms with Gasteiger partial charge in [-0.3, -0.25) is 4.90 Å². The lowest BCUT2D eigenvalue weighted by Gasteiger charge is -2.42. The van der Waals surface area contributed by atoms with E-state index in [-0.39, 0.29) is 0 Å². The molecule has 0 spiro atoms. The molecule has 0 amide bonds. The average molecular weight is 252 g/mol. The average Bonchev–Trinajstić information content (AvgIpc) is 2.55. The smallest absolute Gasteiger partial charge is 0.00982 e. The van der Waals surface area contributed by atoms with Crippen molar-refractivity contribution in [2.45, 2.75) is 83.8 Å². The third kappa shape index (κ3) is 3.71. The zero-order valence-corrected chi connectivity index (χ0v) is 12.6. The first-order chi connectivity index (χ1) is 8.70. The molecule has 4 atom stereocenters. The van der Waals surface area contributed by atoms with Gasteiger partial charge in [-0.1, -0.05) is 26.7 Å². The Morgan fingerprint density at radius 2 is 1.89 bits per heavy atom. The minimum Gasteiger partial charge on any atom is -0.314 e. The molecule has 2 rings (SSSR count). The summed E-state index contributed by atoms with van der Waals surface area (Å²) in [6, 6.07) is 2.43. The second-order valence-corrected chi connectivity index (χ2v) is 6.63. The lowest BCUT2D eigenvalue weighted by Crippen LogP contribution is -2.51. The van der Waals surface area contributed by atoms with Crippen molar-refractivity contribution in [1.82, 2.24) is 10.2 Å². The van der Waals surface area contributed by atoms with Crippen LogP contribution in [0.25, 0.3) is 0 Å². The van der Waals surface area contributed by atoms with Crippen LogP contribution in [0.1, 0.15) is 65.7 Å². The minimum atomic E-state index is 0.769. The first kappa shape index (κ1) is 14.3. The summed E-state index contributed by atoms with van der Waals surface area (Å²) in [6.07, 6.45) is 9.94. The third-order valence-corrected chi connectivity index (χ3v) is 5.12. The highest BCUT2D eigenvalue weighted by atomic mass is 15.2. The van der Waals surface area contributed by atoms with Crippen LogP contribution in [-0.4, -0.2) is 36.1 Å². The van der Waals surface area contributed by atoms with Crippen LogP contribution in [0.3, 0.4) is 0 Å². The van der Waals surface area contributed by atoms with Crippen molar-refractivity contribution in [1.29, 1.82) is 0 Å². The van der Waals surface area contributed by atoms with Crippen LogP contribution < -0.4 is 5.32 Å². The van der Waals surface area contributed by atoms with Gasteiger partial charge in [-0.25, -0.2) is 0 Å². The van der Waals surface area contributed by atoms with Gasteiger partial charge in [-0.15, -0.1) is 0 Å². The quantitative estimate of drug-likeness (QED) is 0.774. The van der Waals surface area contributed by atoms with E-state index in [0.29, 0.717) is 0 Å². The lowest BCUT2D eigenvalue weighted by atomic mass is 9.94. The molecule has 1 saturated carbocycles. The van der Waals surface area contributed by atoms with Crippen LogP contribution in [0.15, 0.2) is 0 Å². The Balaban J connectivity index is 1.85. The standard InChI is InChI=1S/C16H32N2/c1-4-17-15-10-11-18(14(3)12-15)16-7-5-6-13(2)8-9-16/h13-17H,4-12H2,1-3H3. The molecule has 0 radical (unpaired) electrons. The maximum atomic E-state index is 3.63. The molecule has 18 heavy (non-hydrogen) atoms. The summed E-state index contributed by atoms with van der Waals surface area (Å²) in [5.41, 5.74) is 0. The van der Waals surface area contributed by atoms with Crippen molar-refractivity contribution in [3.63, 3.8) is 0 Å². The van der Waals surface area contributed by atoms with Crippen LogP contribution in [-0.2, 0) is 0 Å². The zero-order chi connectivity index (χ0) is 13.0. The predicted molar refractivity (Wildman–Crippen MR) is 78.9 cm³/mol. The summed E-state index contributed by atoms with van der Waals surface area (Å²) >= 11 is 0. The van der Waals surface area contributed by atoms with Crippen molar-refractivity contribution in [2.75, 3.05) is 13.1 Å². The minimum absolute atomic E-state index is 0.769. The van der Waals surface area contributed by atoms with Crippen LogP contribution in [0.2, 0.25) is 0 Å². The summed E-state index contributed by atoms with van der Waals surface area (Å²) in [6.45, 7) is 9.54. The number of likely N-dealkylation sites (tertiary alicyclic amines) is 1. The molecule has 106 valence electrons. The first-order valence-corrected chi connectivity index (χ1v) is 8.19. The van der Waals surface area contributed by atoms with Crippen molar-refractivity contribution in [2.24, 2.45) is 5.92 Å². The van der Waals surface area contributed by atoms with E-state index in [1.807, 2.05) is 0 Å². The van der Waals surface area contributed by atoms with E-state index in [1.165, 1.54) is 51.5 Å². The van der Waals surface area contributed by atoms with Gasteiger partial charge in [-0.2, -0.15) is 0 Å². The van der Waals surface area contributed by atoms with E-state index in [2.05, 4.69) is 31.0 Å². The molecule has 1 heterocycles. The van der Waals surface area contributed by atoms with E-state index in [0.717, 1.165) is 30.6 Å². The van der Waals surface area contributed by atoms with Crippen molar-refractivity contribution >= 4 is 0 Å². The normalized spacial score (nSPS) is 39.5. The van der Waals surface area contributed by atoms with Crippen LogP contribution in [0.4, 0.5) is 0 Å². The molecule has 1 saturated heterocycles. The van der Waals surface area contributed by atoms with Gasteiger partial charge in [0.05, 0.1) is 0 Å². The van der Waals surface area contributed by atoms with Crippen molar-refractivity contribution in [3.8, 4) is 0 Å². The summed E-state index contributed by atoms with van der Waals surface area (Å²) in [4.78, 5) is 2.83. The number of hydrogen-bond donors (Lipinski definition) is 1. The second kappa shape index (κ2) is 6.91. The number of piperidine rings is 1. The third-order valence-electron chi connectivity index (χ3n) is 5.12. The molecule has 0 aromatic heterocycles. The Morgan fingerprint density at radius 1 is 1.06 bits per heavy atom. The predicted octanol–water partition coefficient (Wildman–Crippen LogP) is 3.42. The van der Waals surface area contributed by atoms with Gasteiger partial charge >= 0.3 is 0 Å². The molecule has 0 bridgehead atoms. The highest BCUT2D eigenvalue weighted by molar-refractivity contribution is 4.87. The van der Waals surface area contributed by atoms with E-state index in [9.17, 15) is 0 Å². The SMILES string of the molecule is CCNC1CCN(C2CCCC(C)CC2)C(C)C1. The van der Waals surface area contributed by atoms with Crippen molar-refractivity contribution < 1.29 is 0 Å². The van der Waals surface area contributed by atoms with Crippen LogP contribution in [0, 0.1) is 5.92 Å². The Morgan fingerprint density at radius 3 is 2.61 bits per heavy atom. The molecule has 2 nitrogen and oxygen atoms in total. The molecule has 2 aliphatic rings. The summed E-state index contributed by atoms with van der Waals surface area (Å²) < 4.78 is 0. The first-order valence-electron chi connectivity index (χ1n) is 8.19. The van der Waals surface area contributed by atoms with Gasteiger partial charge in [0.15, 0.2) is 0 Å². The van der Waals surface area contributed by atoms with Gasteiger partial charge in [-0.05, 0) is 51.5 Å². The summed E-state index contributed by atoms with van der Waals surface area (Å²) in [5, 5.41) is 3.63. The Hall–Kier alpha value is -0.0800. The molecular formula is C16H32N2. The fraction of sp³-hybridized carbons (Fsp3) is 1.00. The zero-order valence-electron chi connectivity index (χ0n) is 12.6. The van der Waals surface area contributed by atoms with E-state index in [4.69, 9.17) is 0 Å². The molecule has 2 heteroatoms. The van der Waals surface area contributed by atoms with E-state index >= 15 is 0 Å². The van der Waals surface area contributed by atoms with Gasteiger partial charge in [0, 0.05) is 24.7 Å². The summed E-state index contributed by atoms with van der Waals surface area (Å²) in [7, 11) is 0. The maximum absolute atomic E-state index is 3.63. The van der Waals surface area contributed by atoms with E-state index < -0.39 is 0 Å². The topological polar surface area (TPSA) is 15.3 Å². The van der Waals surface area contributed by atoms with Gasteiger partial charge in [0.2, 0.25) is 0 Å². The fourth-order valence-electron chi connectivity index (χ4n) is 4.01. The van der Waals surface area contributed by atoms with Crippen LogP contribution in [0.5, 0.6) is 0 Å². The number of rotatable bonds is 3. The monoisotopic (exact) mass is 252 g/mol. The second-order valence-electron chi connectivity index (χ2n) is 6.63. The Labute approximate surface area is 114 Å². The van der Waals surface area contributed by atoms with Gasteiger partial charge < -0.3 is 5.32 Å². The highest BCUT2D eigenvalue weighted by Crippen LogP contribution is 2.30. The number of nitrogens with one attached hydrogen (secondary N) is 1. The number of nitrogens with zero attached hydrogens (tertiary/aromatic N) is 1. The number of hydrogen-bond acceptors (Lipinski definition) is 2. The molecule has 4 unspecified atom stereocenters. The van der Waals surface area contributed by atoms with Gasteiger partial charge in [0.1, 0.15) is 0 Å². The van der Waals surface area contributed by atoms with Crippen LogP contribution >= 0.6 is 0 Å². The van der Waals surface area contributed by atoms with Gasteiger partial charge in [0.25, 0.3) is 0 Å². The molecule has 0 aromatic carbocycles. The molecule has 2 fully saturated rings. The fourth-order valence-corrected chi connectivity index (χ4v) is 4.01. The van der Waals surface area contributed by atoms with Crippen molar-refractivity contribution in [3.05, 3.63) is 0 Å². The Kier molecular flexibility index (Phi) is 5.50. The lowest BCUT2D eigenvalue weighted by molar-refractivity contribution is 0.0793. The molecule has 0 aromatic rings. The molecule has 1 N–H and O–H groups in total. The maximum Gasteiger partial charge on any atom is 0.00982 e. The highest BCUT2D eigenvalue weighted by Gasteiger charge is 2.30. The molecule has 1 aliphatic heterocycles. The summed E-state index contributed by atoms with van der Waals surface area (Å²) in [5.74, 6) is 0.963. The molecular weight excluding hydrogens is 220 g/mol. The largest absolute Gasteiger partial charge is 0.314 e. The Bertz CT molecular complexity index is 241. The van der Waals surface area contributed by atoms with E-state index in [1.54, 1.807) is 0 Å².